The van der Waals surface area contributed by atoms with Crippen LogP contribution in [0.5, 0.6) is 5.75 Å². The van der Waals surface area contributed by atoms with Gasteiger partial charge in [-0.1, -0.05) is 54.5 Å². The summed E-state index contributed by atoms with van der Waals surface area (Å²) in [6.07, 6.45) is 0. The number of anilines is 1. The second-order valence-corrected chi connectivity index (χ2v) is 8.59. The Kier molecular flexibility index (Phi) is 6.72. The number of nitrogens with one attached hydrogen (secondary N) is 2. The van der Waals surface area contributed by atoms with Crippen molar-refractivity contribution < 1.29 is 9.53 Å². The van der Waals surface area contributed by atoms with E-state index in [9.17, 15) is 4.79 Å². The Morgan fingerprint density at radius 3 is 2.82 bits per heavy atom. The van der Waals surface area contributed by atoms with Crippen LogP contribution in [0.4, 0.5) is 5.13 Å². The number of fused-ring (bicyclic) bond motifs is 1. The minimum atomic E-state index is -0.338. The molecule has 0 bridgehead atoms. The maximum Gasteiger partial charge on any atom is 0.257 e. The minimum Gasteiger partial charge on any atom is -0.493 e. The van der Waals surface area contributed by atoms with Gasteiger partial charge in [0.2, 0.25) is 0 Å². The molecular weight excluding hydrogens is 437 g/mol. The van der Waals surface area contributed by atoms with Crippen LogP contribution in [0.15, 0.2) is 36.4 Å². The largest absolute Gasteiger partial charge is 0.493 e. The number of halogens is 2. The highest BCUT2D eigenvalue weighted by Crippen LogP contribution is 2.35. The van der Waals surface area contributed by atoms with Gasteiger partial charge in [0.05, 0.1) is 21.4 Å². The molecule has 0 fully saturated rings. The molecule has 0 aliphatic heterocycles. The third-order valence-corrected chi connectivity index (χ3v) is 5.51. The van der Waals surface area contributed by atoms with Crippen LogP contribution in [0.2, 0.25) is 10.0 Å². The number of aromatic nitrogens is 1. The van der Waals surface area contributed by atoms with Gasteiger partial charge in [-0.15, -0.1) is 0 Å². The number of thiocarbonyl (C=S) groups is 1. The first kappa shape index (κ1) is 20.8. The highest BCUT2D eigenvalue weighted by atomic mass is 35.5. The average Bonchev–Trinajstić information content (AvgIpc) is 3.06. The van der Waals surface area contributed by atoms with E-state index in [1.54, 1.807) is 24.3 Å². The highest BCUT2D eigenvalue weighted by molar-refractivity contribution is 7.80. The van der Waals surface area contributed by atoms with Crippen LogP contribution in [-0.4, -0.2) is 22.6 Å². The number of hydrogen-bond donors (Lipinski definition) is 2. The van der Waals surface area contributed by atoms with Gasteiger partial charge in [0, 0.05) is 5.56 Å². The van der Waals surface area contributed by atoms with Crippen LogP contribution in [0, 0.1) is 5.92 Å². The summed E-state index contributed by atoms with van der Waals surface area (Å²) in [6.45, 7) is 4.70. The maximum atomic E-state index is 12.5. The lowest BCUT2D eigenvalue weighted by Gasteiger charge is -2.10. The Labute approximate surface area is 182 Å². The van der Waals surface area contributed by atoms with Crippen LogP contribution >= 0.6 is 46.8 Å². The first-order chi connectivity index (χ1) is 13.3. The van der Waals surface area contributed by atoms with Gasteiger partial charge < -0.3 is 10.1 Å². The Bertz CT molecular complexity index is 1040. The number of carbonyl (C=O) groups is 1. The summed E-state index contributed by atoms with van der Waals surface area (Å²) in [5.41, 5.74) is 1.04. The molecule has 3 rings (SSSR count). The molecule has 0 atom stereocenters. The summed E-state index contributed by atoms with van der Waals surface area (Å²) in [6, 6.07) is 10.5. The zero-order valence-electron chi connectivity index (χ0n) is 15.1. The Morgan fingerprint density at radius 2 is 2.07 bits per heavy atom. The minimum absolute atomic E-state index is 0.139. The zero-order chi connectivity index (χ0) is 20.3. The van der Waals surface area contributed by atoms with Crippen molar-refractivity contribution in [2.45, 2.75) is 13.8 Å². The van der Waals surface area contributed by atoms with Crippen LogP contribution in [0.1, 0.15) is 24.2 Å². The Morgan fingerprint density at radius 1 is 1.29 bits per heavy atom. The van der Waals surface area contributed by atoms with Crippen LogP contribution in [0.25, 0.3) is 10.2 Å². The van der Waals surface area contributed by atoms with Crippen molar-refractivity contribution >= 4 is 73.1 Å². The van der Waals surface area contributed by atoms with Gasteiger partial charge in [0.25, 0.3) is 5.91 Å². The molecule has 5 nitrogen and oxygen atoms in total. The second-order valence-electron chi connectivity index (χ2n) is 6.37. The van der Waals surface area contributed by atoms with Crippen molar-refractivity contribution in [3.05, 3.63) is 52.0 Å². The predicted octanol–water partition coefficient (Wildman–Crippen LogP) is 5.76. The van der Waals surface area contributed by atoms with E-state index in [1.807, 2.05) is 12.1 Å². The quantitative estimate of drug-likeness (QED) is 0.480. The van der Waals surface area contributed by atoms with Crippen molar-refractivity contribution in [2.75, 3.05) is 11.9 Å². The second kappa shape index (κ2) is 9.05. The summed E-state index contributed by atoms with van der Waals surface area (Å²) in [5.74, 6) is 0.694. The number of nitrogens with zero attached hydrogens (tertiary/aromatic N) is 1. The number of benzene rings is 2. The van der Waals surface area contributed by atoms with Gasteiger partial charge in [0.15, 0.2) is 10.2 Å². The molecule has 28 heavy (non-hydrogen) atoms. The van der Waals surface area contributed by atoms with Gasteiger partial charge in [-0.3, -0.25) is 10.1 Å². The fourth-order valence-corrected chi connectivity index (χ4v) is 3.83. The monoisotopic (exact) mass is 453 g/mol. The van der Waals surface area contributed by atoms with Gasteiger partial charge >= 0.3 is 0 Å². The molecule has 9 heteroatoms. The van der Waals surface area contributed by atoms with Crippen molar-refractivity contribution in [1.82, 2.24) is 10.3 Å². The zero-order valence-corrected chi connectivity index (χ0v) is 18.2. The van der Waals surface area contributed by atoms with Crippen LogP contribution in [0.3, 0.4) is 0 Å². The number of ether oxygens (including phenoxy) is 1. The summed E-state index contributed by atoms with van der Waals surface area (Å²) in [7, 11) is 0. The molecule has 0 radical (unpaired) electrons. The van der Waals surface area contributed by atoms with E-state index < -0.39 is 0 Å². The molecule has 2 N–H and O–H groups in total. The standard InChI is InChI=1S/C19H17Cl2N3O2S2/c1-10(2)9-26-12-5-3-4-11(8-12)17(25)23-18(27)24-19-22-16-14(28-19)7-6-13(20)15(16)21/h3-8,10H,9H2,1-2H3,(H2,22,23,24,25,27). The third-order valence-electron chi connectivity index (χ3n) is 3.58. The topological polar surface area (TPSA) is 63.2 Å². The summed E-state index contributed by atoms with van der Waals surface area (Å²) < 4.78 is 6.52. The number of thiazole rings is 1. The number of rotatable bonds is 5. The molecule has 146 valence electrons. The van der Waals surface area contributed by atoms with Crippen LogP contribution in [-0.2, 0) is 0 Å². The molecule has 0 aliphatic rings. The van der Waals surface area contributed by atoms with E-state index in [1.165, 1.54) is 11.3 Å². The van der Waals surface area contributed by atoms with E-state index in [0.717, 1.165) is 4.70 Å². The summed E-state index contributed by atoms with van der Waals surface area (Å²) >= 11 is 18.8. The van der Waals surface area contributed by atoms with E-state index in [0.29, 0.717) is 44.5 Å². The molecule has 0 spiro atoms. The SMILES string of the molecule is CC(C)COc1cccc(C(=O)NC(=S)Nc2nc3c(Cl)c(Cl)ccc3s2)c1. The van der Waals surface area contributed by atoms with Gasteiger partial charge in [-0.2, -0.15) is 0 Å². The number of hydrogen-bond acceptors (Lipinski definition) is 5. The van der Waals surface area contributed by atoms with Gasteiger partial charge in [-0.05, 0) is 48.5 Å². The molecule has 0 saturated carbocycles. The summed E-state index contributed by atoms with van der Waals surface area (Å²) in [5, 5.41) is 7.02. The fraction of sp³-hybridized carbons (Fsp3) is 0.211. The lowest BCUT2D eigenvalue weighted by molar-refractivity contribution is 0.0977. The van der Waals surface area contributed by atoms with Crippen molar-refractivity contribution in [2.24, 2.45) is 5.92 Å². The van der Waals surface area contributed by atoms with E-state index >= 15 is 0 Å². The molecule has 0 aliphatic carbocycles. The van der Waals surface area contributed by atoms with E-state index in [2.05, 4.69) is 29.5 Å². The van der Waals surface area contributed by atoms with Crippen LogP contribution < -0.4 is 15.4 Å². The molecule has 0 saturated heterocycles. The molecule has 1 heterocycles. The van der Waals surface area contributed by atoms with E-state index in [4.69, 9.17) is 40.2 Å². The summed E-state index contributed by atoms with van der Waals surface area (Å²) in [4.78, 5) is 16.8. The lowest BCUT2D eigenvalue weighted by Crippen LogP contribution is -2.34. The molecular formula is C19H17Cl2N3O2S2. The normalized spacial score (nSPS) is 10.9. The Hall–Kier alpha value is -1.93. The van der Waals surface area contributed by atoms with Gasteiger partial charge in [0.1, 0.15) is 11.3 Å². The van der Waals surface area contributed by atoms with Gasteiger partial charge in [-0.25, -0.2) is 4.98 Å². The number of carbonyl (C=O) groups excluding carboxylic acids is 1. The van der Waals surface area contributed by atoms with E-state index in [-0.39, 0.29) is 11.0 Å². The lowest BCUT2D eigenvalue weighted by atomic mass is 10.2. The molecule has 3 aromatic rings. The van der Waals surface area contributed by atoms with Crippen molar-refractivity contribution in [3.8, 4) is 5.75 Å². The highest BCUT2D eigenvalue weighted by Gasteiger charge is 2.13. The Balaban J connectivity index is 1.65. The first-order valence-electron chi connectivity index (χ1n) is 8.43. The maximum absolute atomic E-state index is 12.5. The van der Waals surface area contributed by atoms with Crippen molar-refractivity contribution in [3.63, 3.8) is 0 Å². The predicted molar refractivity (Wildman–Crippen MR) is 120 cm³/mol. The third kappa shape index (κ3) is 5.11. The molecule has 1 aromatic heterocycles. The number of amides is 1. The molecule has 1 amide bonds. The smallest absolute Gasteiger partial charge is 0.257 e. The fourth-order valence-electron chi connectivity index (χ4n) is 2.28. The first-order valence-corrected chi connectivity index (χ1v) is 10.4. The molecule has 0 unspecified atom stereocenters. The average molecular weight is 454 g/mol. The molecule has 2 aromatic carbocycles. The van der Waals surface area contributed by atoms with Crippen molar-refractivity contribution in [1.29, 1.82) is 0 Å².